The summed E-state index contributed by atoms with van der Waals surface area (Å²) in [6, 6.07) is -0.827. The van der Waals surface area contributed by atoms with Crippen molar-refractivity contribution in [3.05, 3.63) is 23.8 Å². The molecule has 1 saturated heterocycles. The maximum Gasteiger partial charge on any atom is 0.199 e. The molecular formula is C29H40F3NO3S. The van der Waals surface area contributed by atoms with Crippen LogP contribution < -0.4 is 0 Å². The molecule has 9 unspecified atom stereocenters. The van der Waals surface area contributed by atoms with Crippen LogP contribution in [0.1, 0.15) is 60.3 Å². The first-order valence-electron chi connectivity index (χ1n) is 13.6. The molecule has 206 valence electrons. The van der Waals surface area contributed by atoms with Crippen molar-refractivity contribution >= 4 is 22.7 Å². The Hall–Kier alpha value is -1.12. The number of likely N-dealkylation sites (tertiary alicyclic amines) is 1. The highest BCUT2D eigenvalue weighted by atomic mass is 32.2. The molecule has 1 N–H and O–H groups in total. The minimum Gasteiger partial charge on any atom is -0.390 e. The number of ketones is 1. The van der Waals surface area contributed by atoms with E-state index >= 15 is 8.78 Å². The molecule has 4 aliphatic carbocycles. The number of nitrogens with zero attached hydrogens (tertiary/aromatic N) is 1. The number of fused-ring (bicyclic) bond motifs is 7. The molecule has 0 amide bonds. The molecule has 5 aliphatic rings. The molecule has 0 aromatic heterocycles. The van der Waals surface area contributed by atoms with E-state index in [-0.39, 0.29) is 46.6 Å². The van der Waals surface area contributed by atoms with E-state index < -0.39 is 46.1 Å². The Morgan fingerprint density at radius 1 is 1.24 bits per heavy atom. The van der Waals surface area contributed by atoms with Gasteiger partial charge in [-0.05, 0) is 79.5 Å². The number of halogens is 3. The molecule has 0 bridgehead atoms. The normalized spacial score (nSPS) is 47.2. The summed E-state index contributed by atoms with van der Waals surface area (Å²) in [6.45, 7) is 12.0. The quantitative estimate of drug-likeness (QED) is 0.515. The Morgan fingerprint density at radius 3 is 2.59 bits per heavy atom. The fraction of sp³-hybridized carbons (Fsp3) is 0.793. The molecule has 4 nitrogen and oxygen atoms in total. The second-order valence-corrected chi connectivity index (χ2v) is 14.7. The van der Waals surface area contributed by atoms with E-state index in [1.165, 1.54) is 18.2 Å². The average molecular weight is 540 g/mol. The van der Waals surface area contributed by atoms with E-state index in [1.807, 2.05) is 6.92 Å². The molecule has 5 rings (SSSR count). The van der Waals surface area contributed by atoms with Crippen LogP contribution in [-0.4, -0.2) is 64.5 Å². The maximum absolute atomic E-state index is 17.4. The zero-order valence-electron chi connectivity index (χ0n) is 22.5. The number of aliphatic hydroxyl groups excluding tert-OH is 1. The second kappa shape index (κ2) is 8.69. The van der Waals surface area contributed by atoms with Crippen LogP contribution in [0.4, 0.5) is 13.2 Å². The first kappa shape index (κ1) is 27.4. The van der Waals surface area contributed by atoms with Gasteiger partial charge in [0.2, 0.25) is 0 Å². The molecule has 8 heteroatoms. The Balaban J connectivity index is 1.56. The number of hydrogen-bond donors (Lipinski definition) is 1. The van der Waals surface area contributed by atoms with Crippen LogP contribution in [0.3, 0.4) is 0 Å². The van der Waals surface area contributed by atoms with Crippen molar-refractivity contribution in [1.82, 2.24) is 4.90 Å². The molecule has 0 aromatic carbocycles. The summed E-state index contributed by atoms with van der Waals surface area (Å²) >= 11 is 0.684. The predicted molar refractivity (Wildman–Crippen MR) is 139 cm³/mol. The minimum atomic E-state index is -2.16. The van der Waals surface area contributed by atoms with Gasteiger partial charge < -0.3 is 10.0 Å². The number of carbonyl (C=O) groups is 2. The summed E-state index contributed by atoms with van der Waals surface area (Å²) in [6.07, 6.45) is 2.39. The first-order chi connectivity index (χ1) is 17.1. The van der Waals surface area contributed by atoms with Gasteiger partial charge in [0.05, 0.1) is 11.5 Å². The predicted octanol–water partition coefficient (Wildman–Crippen LogP) is 5.46. The van der Waals surface area contributed by atoms with Crippen LogP contribution in [0.2, 0.25) is 0 Å². The molecule has 9 atom stereocenters. The number of thioether (sulfide) groups is 1. The van der Waals surface area contributed by atoms with Gasteiger partial charge in [0.25, 0.3) is 0 Å². The third-order valence-electron chi connectivity index (χ3n) is 11.0. The molecule has 1 heterocycles. The average Bonchev–Trinajstić information content (AvgIpc) is 3.29. The van der Waals surface area contributed by atoms with E-state index in [9.17, 15) is 19.1 Å². The van der Waals surface area contributed by atoms with Gasteiger partial charge >= 0.3 is 0 Å². The number of hydrogen-bond acceptors (Lipinski definition) is 5. The maximum atomic E-state index is 17.4. The largest absolute Gasteiger partial charge is 0.390 e. The lowest BCUT2D eigenvalue weighted by Gasteiger charge is -2.63. The Labute approximate surface area is 222 Å². The fourth-order valence-electron chi connectivity index (χ4n) is 9.05. The van der Waals surface area contributed by atoms with E-state index in [4.69, 9.17) is 0 Å². The van der Waals surface area contributed by atoms with E-state index in [0.717, 1.165) is 13.0 Å². The summed E-state index contributed by atoms with van der Waals surface area (Å²) in [5.74, 6) is -1.62. The molecule has 4 fully saturated rings. The number of carbonyl (C=O) groups excluding carboxylic acids is 2. The van der Waals surface area contributed by atoms with Crippen LogP contribution in [0, 0.1) is 39.4 Å². The molecule has 3 saturated carbocycles. The van der Waals surface area contributed by atoms with Crippen molar-refractivity contribution in [2.24, 2.45) is 39.4 Å². The monoisotopic (exact) mass is 539 g/mol. The molecule has 37 heavy (non-hydrogen) atoms. The second-order valence-electron chi connectivity index (χ2n) is 13.9. The van der Waals surface area contributed by atoms with Gasteiger partial charge in [0.1, 0.15) is 12.2 Å². The van der Waals surface area contributed by atoms with Gasteiger partial charge in [0, 0.05) is 24.4 Å². The van der Waals surface area contributed by atoms with Gasteiger partial charge in [-0.3, -0.25) is 9.59 Å². The van der Waals surface area contributed by atoms with Crippen molar-refractivity contribution < 1.29 is 27.9 Å². The number of aliphatic hydroxyl groups is 1. The molecule has 0 spiro atoms. The van der Waals surface area contributed by atoms with Crippen molar-refractivity contribution in [2.45, 2.75) is 78.2 Å². The van der Waals surface area contributed by atoms with Gasteiger partial charge in [0.15, 0.2) is 16.6 Å². The smallest absolute Gasteiger partial charge is 0.199 e. The third kappa shape index (κ3) is 3.63. The topological polar surface area (TPSA) is 57.6 Å². The van der Waals surface area contributed by atoms with Crippen LogP contribution in [0.5, 0.6) is 0 Å². The van der Waals surface area contributed by atoms with Crippen molar-refractivity contribution in [2.75, 3.05) is 25.6 Å². The number of allylic oxidation sites excluding steroid dienone is 4. The summed E-state index contributed by atoms with van der Waals surface area (Å²) in [4.78, 5) is 28.1. The summed E-state index contributed by atoms with van der Waals surface area (Å²) < 4.78 is 46.7. The van der Waals surface area contributed by atoms with E-state index in [1.54, 1.807) is 6.92 Å². The van der Waals surface area contributed by atoms with Crippen LogP contribution in [0.15, 0.2) is 23.8 Å². The standard InChI is InChI=1S/C29H40F3NO3S/c1-25(2,3)8-9-33-14-17-10-19-20-12-22(31)21-11-18(34)6-7-26(21,4)29(20,32)23(35)13-27(19,5)28(17,15-33)24(36)37-16-30/h6-7,11,17,19-20,22-23,35H,8-10,12-16H2,1-5H3. The zero-order valence-corrected chi connectivity index (χ0v) is 23.3. The minimum absolute atomic E-state index is 0.0501. The van der Waals surface area contributed by atoms with Crippen molar-refractivity contribution in [3.63, 3.8) is 0 Å². The summed E-state index contributed by atoms with van der Waals surface area (Å²) in [5, 5.41) is 11.4. The number of alkyl halides is 3. The van der Waals surface area contributed by atoms with E-state index in [2.05, 4.69) is 25.7 Å². The molecule has 1 aliphatic heterocycles. The highest BCUT2D eigenvalue weighted by Crippen LogP contribution is 2.75. The van der Waals surface area contributed by atoms with Gasteiger partial charge in [-0.15, -0.1) is 0 Å². The SMILES string of the molecule is CC(C)(C)CCN1CC2CC3C4CC(F)C5=CC(=O)C=CC5(C)C4(F)C(O)CC3(C)C2(C(=O)SCF)C1. The van der Waals surface area contributed by atoms with Gasteiger partial charge in [-0.1, -0.05) is 45.5 Å². The lowest BCUT2D eigenvalue weighted by atomic mass is 9.43. The number of rotatable bonds is 4. The Morgan fingerprint density at radius 2 is 1.95 bits per heavy atom. The first-order valence-corrected chi connectivity index (χ1v) is 14.5. The lowest BCUT2D eigenvalue weighted by Crippen LogP contribution is -2.69. The fourth-order valence-corrected chi connectivity index (χ4v) is 9.87. The van der Waals surface area contributed by atoms with Crippen LogP contribution >= 0.6 is 11.8 Å². The van der Waals surface area contributed by atoms with Crippen molar-refractivity contribution in [3.8, 4) is 0 Å². The summed E-state index contributed by atoms with van der Waals surface area (Å²) in [5.41, 5.74) is -5.09. The summed E-state index contributed by atoms with van der Waals surface area (Å²) in [7, 11) is 0. The Kier molecular flexibility index (Phi) is 6.45. The third-order valence-corrected chi connectivity index (χ3v) is 11.7. The van der Waals surface area contributed by atoms with Gasteiger partial charge in [-0.25, -0.2) is 13.2 Å². The molecule has 0 aromatic rings. The van der Waals surface area contributed by atoms with Crippen molar-refractivity contribution in [1.29, 1.82) is 0 Å². The van der Waals surface area contributed by atoms with Crippen LogP contribution in [-0.2, 0) is 9.59 Å². The molecular weight excluding hydrogens is 499 g/mol. The zero-order chi connectivity index (χ0) is 27.2. The van der Waals surface area contributed by atoms with Gasteiger partial charge in [-0.2, -0.15) is 0 Å². The Bertz CT molecular complexity index is 1060. The highest BCUT2D eigenvalue weighted by Gasteiger charge is 2.78. The highest BCUT2D eigenvalue weighted by molar-refractivity contribution is 8.13. The lowest BCUT2D eigenvalue weighted by molar-refractivity contribution is -0.210. The van der Waals surface area contributed by atoms with Crippen LogP contribution in [0.25, 0.3) is 0 Å². The van der Waals surface area contributed by atoms with E-state index in [0.29, 0.717) is 31.3 Å². The molecule has 0 radical (unpaired) electrons.